The summed E-state index contributed by atoms with van der Waals surface area (Å²) in [5.41, 5.74) is 6.32. The van der Waals surface area contributed by atoms with E-state index in [-0.39, 0.29) is 11.9 Å². The number of benzene rings is 2. The Labute approximate surface area is 164 Å². The van der Waals surface area contributed by atoms with Crippen molar-refractivity contribution in [3.05, 3.63) is 70.9 Å². The number of carbonyl (C=O) groups excluding carboxylic acids is 2. The molecule has 0 fully saturated rings. The molecule has 2 aliphatic heterocycles. The maximum atomic E-state index is 12.6. The van der Waals surface area contributed by atoms with Crippen molar-refractivity contribution in [3.8, 4) is 0 Å². The summed E-state index contributed by atoms with van der Waals surface area (Å²) in [6.07, 6.45) is 5.84. The minimum Gasteiger partial charge on any atom is -0.466 e. The number of aryl methyl sites for hydroxylation is 1. The van der Waals surface area contributed by atoms with Gasteiger partial charge in [0.1, 0.15) is 0 Å². The molecule has 2 aliphatic rings. The molecule has 4 rings (SSSR count). The Kier molecular flexibility index (Phi) is 4.98. The first-order valence-corrected chi connectivity index (χ1v) is 9.54. The SMILES string of the molecule is CCOC(=O)CCCc1ccc2c(c1)C(=C1C=Cc3ccccc3N1)C(=O)N2. The van der Waals surface area contributed by atoms with Gasteiger partial charge in [-0.2, -0.15) is 0 Å². The van der Waals surface area contributed by atoms with Gasteiger partial charge in [0, 0.05) is 23.4 Å². The van der Waals surface area contributed by atoms with E-state index in [1.807, 2.05) is 61.5 Å². The first kappa shape index (κ1) is 18.0. The van der Waals surface area contributed by atoms with Gasteiger partial charge in [0.2, 0.25) is 0 Å². The summed E-state index contributed by atoms with van der Waals surface area (Å²) in [4.78, 5) is 24.1. The molecule has 5 heteroatoms. The Bertz CT molecular complexity index is 1000. The number of ether oxygens (including phenoxy) is 1. The van der Waals surface area contributed by atoms with Crippen LogP contribution in [0.15, 0.2) is 54.2 Å². The Morgan fingerprint density at radius 3 is 2.75 bits per heavy atom. The zero-order chi connectivity index (χ0) is 19.5. The van der Waals surface area contributed by atoms with Crippen LogP contribution < -0.4 is 10.6 Å². The van der Waals surface area contributed by atoms with Gasteiger partial charge in [-0.15, -0.1) is 0 Å². The van der Waals surface area contributed by atoms with Crippen LogP contribution in [-0.2, 0) is 20.7 Å². The molecule has 2 aromatic rings. The van der Waals surface area contributed by atoms with E-state index in [4.69, 9.17) is 4.74 Å². The largest absolute Gasteiger partial charge is 0.466 e. The highest BCUT2D eigenvalue weighted by molar-refractivity contribution is 6.33. The average molecular weight is 374 g/mol. The number of rotatable bonds is 5. The molecular formula is C23H22N2O3. The van der Waals surface area contributed by atoms with E-state index in [2.05, 4.69) is 10.6 Å². The smallest absolute Gasteiger partial charge is 0.305 e. The maximum absolute atomic E-state index is 12.6. The fraction of sp³-hybridized carbons (Fsp3) is 0.217. The topological polar surface area (TPSA) is 67.4 Å². The highest BCUT2D eigenvalue weighted by atomic mass is 16.5. The molecule has 142 valence electrons. The van der Waals surface area contributed by atoms with Crippen LogP contribution in [0.2, 0.25) is 0 Å². The van der Waals surface area contributed by atoms with Gasteiger partial charge in [-0.3, -0.25) is 9.59 Å². The third-order valence-corrected chi connectivity index (χ3v) is 4.91. The van der Waals surface area contributed by atoms with Crippen LogP contribution in [0, 0.1) is 0 Å². The molecule has 2 heterocycles. The molecule has 28 heavy (non-hydrogen) atoms. The van der Waals surface area contributed by atoms with Crippen molar-refractivity contribution < 1.29 is 14.3 Å². The molecule has 0 aliphatic carbocycles. The lowest BCUT2D eigenvalue weighted by Gasteiger charge is -2.17. The fourth-order valence-corrected chi connectivity index (χ4v) is 3.57. The lowest BCUT2D eigenvalue weighted by Crippen LogP contribution is -2.11. The van der Waals surface area contributed by atoms with E-state index in [1.54, 1.807) is 0 Å². The number of hydrogen-bond donors (Lipinski definition) is 2. The standard InChI is InChI=1S/C23H22N2O3/c1-2-28-21(26)9-5-6-15-10-12-19-17(14-15)22(23(27)25-19)20-13-11-16-7-3-4-8-18(16)24-20/h3-4,7-8,10-14,24H,2,5-6,9H2,1H3,(H,25,27). The minimum atomic E-state index is -0.168. The number of para-hydroxylation sites is 1. The van der Waals surface area contributed by atoms with Crippen molar-refractivity contribution >= 4 is 34.9 Å². The van der Waals surface area contributed by atoms with Gasteiger partial charge < -0.3 is 15.4 Å². The van der Waals surface area contributed by atoms with Gasteiger partial charge in [0.25, 0.3) is 5.91 Å². The molecule has 2 N–H and O–H groups in total. The number of anilines is 2. The molecule has 0 aromatic heterocycles. The summed E-state index contributed by atoms with van der Waals surface area (Å²) >= 11 is 0. The number of hydrogen-bond acceptors (Lipinski definition) is 4. The normalized spacial score (nSPS) is 16.8. The van der Waals surface area contributed by atoms with Crippen LogP contribution in [0.25, 0.3) is 11.6 Å². The Morgan fingerprint density at radius 2 is 1.89 bits per heavy atom. The molecule has 0 spiro atoms. The Balaban J connectivity index is 1.58. The summed E-state index contributed by atoms with van der Waals surface area (Å²) in [6, 6.07) is 14.0. The Hall–Kier alpha value is -3.34. The lowest BCUT2D eigenvalue weighted by atomic mass is 9.98. The van der Waals surface area contributed by atoms with Crippen LogP contribution >= 0.6 is 0 Å². The second kappa shape index (κ2) is 7.72. The molecule has 0 saturated heterocycles. The first-order valence-electron chi connectivity index (χ1n) is 9.54. The van der Waals surface area contributed by atoms with E-state index in [0.717, 1.165) is 46.6 Å². The zero-order valence-corrected chi connectivity index (χ0v) is 15.7. The van der Waals surface area contributed by atoms with Crippen molar-refractivity contribution in [2.24, 2.45) is 0 Å². The minimum absolute atomic E-state index is 0.106. The lowest BCUT2D eigenvalue weighted by molar-refractivity contribution is -0.143. The third-order valence-electron chi connectivity index (χ3n) is 4.91. The van der Waals surface area contributed by atoms with Crippen molar-refractivity contribution in [3.63, 3.8) is 0 Å². The van der Waals surface area contributed by atoms with Gasteiger partial charge >= 0.3 is 5.97 Å². The molecule has 2 aromatic carbocycles. The highest BCUT2D eigenvalue weighted by Crippen LogP contribution is 2.37. The predicted molar refractivity (Wildman–Crippen MR) is 111 cm³/mol. The van der Waals surface area contributed by atoms with Crippen LogP contribution in [-0.4, -0.2) is 18.5 Å². The summed E-state index contributed by atoms with van der Waals surface area (Å²) in [6.45, 7) is 2.22. The van der Waals surface area contributed by atoms with Crippen LogP contribution in [0.3, 0.4) is 0 Å². The van der Waals surface area contributed by atoms with Crippen molar-refractivity contribution in [1.82, 2.24) is 0 Å². The maximum Gasteiger partial charge on any atom is 0.305 e. The number of esters is 1. The van der Waals surface area contributed by atoms with Gasteiger partial charge in [-0.25, -0.2) is 0 Å². The van der Waals surface area contributed by atoms with E-state index >= 15 is 0 Å². The number of fused-ring (bicyclic) bond motifs is 2. The summed E-state index contributed by atoms with van der Waals surface area (Å²) in [7, 11) is 0. The number of allylic oxidation sites excluding steroid dienone is 1. The average Bonchev–Trinajstić information content (AvgIpc) is 3.03. The van der Waals surface area contributed by atoms with E-state index < -0.39 is 0 Å². The summed E-state index contributed by atoms with van der Waals surface area (Å²) < 4.78 is 4.98. The van der Waals surface area contributed by atoms with Gasteiger partial charge in [-0.1, -0.05) is 30.3 Å². The fourth-order valence-electron chi connectivity index (χ4n) is 3.57. The van der Waals surface area contributed by atoms with Crippen LogP contribution in [0.5, 0.6) is 0 Å². The molecular weight excluding hydrogens is 352 g/mol. The molecule has 0 bridgehead atoms. The quantitative estimate of drug-likeness (QED) is 0.602. The molecule has 5 nitrogen and oxygen atoms in total. The van der Waals surface area contributed by atoms with Gasteiger partial charge in [-0.05, 0) is 55.2 Å². The van der Waals surface area contributed by atoms with Gasteiger partial charge in [0.15, 0.2) is 0 Å². The predicted octanol–water partition coefficient (Wildman–Crippen LogP) is 4.37. The third kappa shape index (κ3) is 3.56. The second-order valence-electron chi connectivity index (χ2n) is 6.83. The molecule has 0 unspecified atom stereocenters. The van der Waals surface area contributed by atoms with Crippen molar-refractivity contribution in [1.29, 1.82) is 0 Å². The summed E-state index contributed by atoms with van der Waals surface area (Å²) in [5, 5.41) is 6.31. The molecule has 0 radical (unpaired) electrons. The van der Waals surface area contributed by atoms with Crippen LogP contribution in [0.4, 0.5) is 11.4 Å². The van der Waals surface area contributed by atoms with Crippen molar-refractivity contribution in [2.45, 2.75) is 26.2 Å². The van der Waals surface area contributed by atoms with Gasteiger partial charge in [0.05, 0.1) is 17.9 Å². The number of nitrogens with one attached hydrogen (secondary N) is 2. The monoisotopic (exact) mass is 374 g/mol. The highest BCUT2D eigenvalue weighted by Gasteiger charge is 2.28. The Morgan fingerprint density at radius 1 is 1.04 bits per heavy atom. The molecule has 0 atom stereocenters. The zero-order valence-electron chi connectivity index (χ0n) is 15.7. The second-order valence-corrected chi connectivity index (χ2v) is 6.83. The summed E-state index contributed by atoms with van der Waals surface area (Å²) in [5.74, 6) is -0.274. The number of amides is 1. The van der Waals surface area contributed by atoms with E-state index in [1.165, 1.54) is 0 Å². The molecule has 1 amide bonds. The van der Waals surface area contributed by atoms with Crippen LogP contribution in [0.1, 0.15) is 36.5 Å². The number of carbonyl (C=O) groups is 2. The van der Waals surface area contributed by atoms with E-state index in [0.29, 0.717) is 18.6 Å². The van der Waals surface area contributed by atoms with Crippen molar-refractivity contribution in [2.75, 3.05) is 17.2 Å². The first-order chi connectivity index (χ1) is 13.7. The molecule has 0 saturated carbocycles. The van der Waals surface area contributed by atoms with E-state index in [9.17, 15) is 9.59 Å².